The highest BCUT2D eigenvalue weighted by atomic mass is 35.5. The second-order valence-corrected chi connectivity index (χ2v) is 6.02. The van der Waals surface area contributed by atoms with Gasteiger partial charge >= 0.3 is 0 Å². The van der Waals surface area contributed by atoms with Gasteiger partial charge in [-0.05, 0) is 36.6 Å². The van der Waals surface area contributed by atoms with Crippen LogP contribution in [0, 0.1) is 0 Å². The van der Waals surface area contributed by atoms with Gasteiger partial charge in [0, 0.05) is 16.6 Å². The summed E-state index contributed by atoms with van der Waals surface area (Å²) in [4.78, 5) is 12.7. The van der Waals surface area contributed by atoms with E-state index in [-0.39, 0.29) is 11.9 Å². The van der Waals surface area contributed by atoms with Gasteiger partial charge in [-0.15, -0.1) is 0 Å². The molecule has 1 atom stereocenters. The van der Waals surface area contributed by atoms with Gasteiger partial charge in [0.25, 0.3) is 5.91 Å². The predicted octanol–water partition coefficient (Wildman–Crippen LogP) is 5.19. The van der Waals surface area contributed by atoms with Crippen LogP contribution in [0.4, 0.5) is 0 Å². The van der Waals surface area contributed by atoms with Crippen molar-refractivity contribution in [1.82, 2.24) is 5.32 Å². The molecule has 2 nitrogen and oxygen atoms in total. The first kappa shape index (κ1) is 17.3. The lowest BCUT2D eigenvalue weighted by molar-refractivity contribution is -0.116. The molecule has 1 amide bonds. The first-order valence-corrected chi connectivity index (χ1v) is 8.32. The second kappa shape index (κ2) is 8.54. The Hall–Kier alpha value is -2.06. The largest absolute Gasteiger partial charge is 0.350 e. The summed E-state index contributed by atoms with van der Waals surface area (Å²) in [7, 11) is 0. The van der Waals surface area contributed by atoms with Crippen molar-refractivity contribution in [2.75, 3.05) is 0 Å². The van der Waals surface area contributed by atoms with Crippen molar-refractivity contribution in [3.8, 4) is 0 Å². The van der Waals surface area contributed by atoms with E-state index in [0.29, 0.717) is 10.6 Å². The fraction of sp³-hybridized carbons (Fsp3) is 0.250. The molecule has 1 N–H and O–H groups in total. The van der Waals surface area contributed by atoms with Gasteiger partial charge in [-0.1, -0.05) is 73.5 Å². The molecule has 0 aliphatic carbocycles. The maximum Gasteiger partial charge on any atom is 0.252 e. The van der Waals surface area contributed by atoms with E-state index in [2.05, 4.69) is 12.2 Å². The molecule has 0 heterocycles. The summed E-state index contributed by atoms with van der Waals surface area (Å²) in [6.45, 7) is 4.14. The number of rotatable bonds is 6. The lowest BCUT2D eigenvalue weighted by Gasteiger charge is -2.15. The number of halogens is 1. The maximum atomic E-state index is 12.7. The maximum absolute atomic E-state index is 12.7. The lowest BCUT2D eigenvalue weighted by atomic mass is 10.0. The van der Waals surface area contributed by atoms with Gasteiger partial charge in [0.1, 0.15) is 0 Å². The van der Waals surface area contributed by atoms with Gasteiger partial charge in [0.05, 0.1) is 0 Å². The molecule has 0 fully saturated rings. The van der Waals surface area contributed by atoms with Crippen LogP contribution in [0.3, 0.4) is 0 Å². The molecule has 0 unspecified atom stereocenters. The smallest absolute Gasteiger partial charge is 0.252 e. The Kier molecular flexibility index (Phi) is 6.42. The first-order valence-electron chi connectivity index (χ1n) is 7.94. The quantitative estimate of drug-likeness (QED) is 0.574. The van der Waals surface area contributed by atoms with E-state index in [1.807, 2.05) is 67.6 Å². The number of benzene rings is 2. The highest BCUT2D eigenvalue weighted by Crippen LogP contribution is 2.23. The summed E-state index contributed by atoms with van der Waals surface area (Å²) in [5.41, 5.74) is 2.35. The summed E-state index contributed by atoms with van der Waals surface area (Å²) < 4.78 is 0. The van der Waals surface area contributed by atoms with Crippen molar-refractivity contribution in [3.63, 3.8) is 0 Å². The van der Waals surface area contributed by atoms with E-state index < -0.39 is 0 Å². The van der Waals surface area contributed by atoms with Crippen molar-refractivity contribution in [1.29, 1.82) is 0 Å². The van der Waals surface area contributed by atoms with Crippen LogP contribution in [0.2, 0.25) is 5.02 Å². The normalized spacial score (nSPS) is 12.7. The molecule has 0 saturated heterocycles. The summed E-state index contributed by atoms with van der Waals surface area (Å²) >= 11 is 6.24. The molecule has 0 radical (unpaired) electrons. The zero-order valence-electron chi connectivity index (χ0n) is 13.6. The third-order valence-electron chi connectivity index (χ3n) is 3.63. The highest BCUT2D eigenvalue weighted by molar-refractivity contribution is 6.33. The predicted molar refractivity (Wildman–Crippen MR) is 98.3 cm³/mol. The standard InChI is InChI=1S/C20H22ClNO/c1-3-9-15(2)22-20(23)18(16-10-5-4-6-11-16)14-17-12-7-8-13-19(17)21/h4-8,10-15H,3,9H2,1-2H3,(H,22,23)/b18-14+/t15-/m1/s1. The van der Waals surface area contributed by atoms with Crippen LogP contribution in [-0.4, -0.2) is 11.9 Å². The fourth-order valence-corrected chi connectivity index (χ4v) is 2.64. The van der Waals surface area contributed by atoms with Gasteiger partial charge < -0.3 is 5.32 Å². The van der Waals surface area contributed by atoms with Gasteiger partial charge in [0.2, 0.25) is 0 Å². The van der Waals surface area contributed by atoms with Gasteiger partial charge in [-0.3, -0.25) is 4.79 Å². The van der Waals surface area contributed by atoms with Crippen LogP contribution in [0.25, 0.3) is 11.6 Å². The van der Waals surface area contributed by atoms with Crippen LogP contribution in [0.5, 0.6) is 0 Å². The van der Waals surface area contributed by atoms with E-state index in [4.69, 9.17) is 11.6 Å². The van der Waals surface area contributed by atoms with E-state index in [1.54, 1.807) is 0 Å². The van der Waals surface area contributed by atoms with E-state index in [9.17, 15) is 4.79 Å². The van der Waals surface area contributed by atoms with Crippen LogP contribution in [-0.2, 0) is 4.79 Å². The van der Waals surface area contributed by atoms with Crippen LogP contribution < -0.4 is 5.32 Å². The van der Waals surface area contributed by atoms with Crippen molar-refractivity contribution in [2.24, 2.45) is 0 Å². The Bertz CT molecular complexity index is 679. The van der Waals surface area contributed by atoms with Crippen molar-refractivity contribution >= 4 is 29.2 Å². The lowest BCUT2D eigenvalue weighted by Crippen LogP contribution is -2.33. The molecule has 2 rings (SSSR count). The fourth-order valence-electron chi connectivity index (χ4n) is 2.45. The van der Waals surface area contributed by atoms with Crippen LogP contribution in [0.15, 0.2) is 54.6 Å². The third kappa shape index (κ3) is 4.97. The van der Waals surface area contributed by atoms with E-state index in [0.717, 1.165) is 24.0 Å². The summed E-state index contributed by atoms with van der Waals surface area (Å²) in [6, 6.07) is 17.3. The highest BCUT2D eigenvalue weighted by Gasteiger charge is 2.14. The van der Waals surface area contributed by atoms with Crippen molar-refractivity contribution in [2.45, 2.75) is 32.7 Å². The number of carbonyl (C=O) groups excluding carboxylic acids is 1. The minimum Gasteiger partial charge on any atom is -0.350 e. The number of nitrogens with one attached hydrogen (secondary N) is 1. The molecule has 3 heteroatoms. The second-order valence-electron chi connectivity index (χ2n) is 5.61. The Morgan fingerprint density at radius 3 is 2.43 bits per heavy atom. The monoisotopic (exact) mass is 327 g/mol. The molecule has 120 valence electrons. The molecular formula is C20H22ClNO. The molecule has 0 aliphatic heterocycles. The molecule has 2 aromatic rings. The summed E-state index contributed by atoms with van der Waals surface area (Å²) in [5, 5.41) is 3.70. The molecule has 2 aromatic carbocycles. The average molecular weight is 328 g/mol. The van der Waals surface area contributed by atoms with Gasteiger partial charge in [-0.2, -0.15) is 0 Å². The minimum absolute atomic E-state index is 0.0722. The average Bonchev–Trinajstić information content (AvgIpc) is 2.55. The minimum atomic E-state index is -0.0722. The summed E-state index contributed by atoms with van der Waals surface area (Å²) in [5.74, 6) is -0.0722. The zero-order chi connectivity index (χ0) is 16.7. The topological polar surface area (TPSA) is 29.1 Å². The van der Waals surface area contributed by atoms with E-state index >= 15 is 0 Å². The number of hydrogen-bond donors (Lipinski definition) is 1. The summed E-state index contributed by atoms with van der Waals surface area (Å²) in [6.07, 6.45) is 3.85. The van der Waals surface area contributed by atoms with E-state index in [1.165, 1.54) is 0 Å². The van der Waals surface area contributed by atoms with Crippen LogP contribution >= 0.6 is 11.6 Å². The first-order chi connectivity index (χ1) is 11.1. The molecule has 23 heavy (non-hydrogen) atoms. The Labute approximate surface area is 143 Å². The SMILES string of the molecule is CCC[C@@H](C)NC(=O)/C(=C/c1ccccc1Cl)c1ccccc1. The van der Waals surface area contributed by atoms with Gasteiger partial charge in [-0.25, -0.2) is 0 Å². The molecule has 0 saturated carbocycles. The number of hydrogen-bond acceptors (Lipinski definition) is 1. The Morgan fingerprint density at radius 2 is 1.78 bits per heavy atom. The number of amides is 1. The van der Waals surface area contributed by atoms with Crippen LogP contribution in [0.1, 0.15) is 37.8 Å². The van der Waals surface area contributed by atoms with Crippen molar-refractivity contribution in [3.05, 3.63) is 70.7 Å². The number of carbonyl (C=O) groups is 1. The molecule has 0 aromatic heterocycles. The zero-order valence-corrected chi connectivity index (χ0v) is 14.3. The molecule has 0 spiro atoms. The van der Waals surface area contributed by atoms with Crippen molar-refractivity contribution < 1.29 is 4.79 Å². The Balaban J connectivity index is 2.37. The molecule has 0 aliphatic rings. The van der Waals surface area contributed by atoms with Gasteiger partial charge in [0.15, 0.2) is 0 Å². The molecule has 0 bridgehead atoms. The Morgan fingerprint density at radius 1 is 1.13 bits per heavy atom. The third-order valence-corrected chi connectivity index (χ3v) is 3.98. The molecular weight excluding hydrogens is 306 g/mol.